The smallest absolute Gasteiger partial charge is 0.325 e. The molecule has 2 aromatic carbocycles. The number of hydrogen-bond donors (Lipinski definition) is 3. The average molecular weight is 461 g/mol. The third kappa shape index (κ3) is 5.62. The number of phenolic OH excluding ortho intramolecular Hbond substituents is 1. The molecule has 32 heavy (non-hydrogen) atoms. The molecule has 0 bridgehead atoms. The van der Waals surface area contributed by atoms with E-state index < -0.39 is 41.0 Å². The van der Waals surface area contributed by atoms with Crippen LogP contribution in [0.3, 0.4) is 0 Å². The predicted molar refractivity (Wildman–Crippen MR) is 114 cm³/mol. The number of aromatic hydroxyl groups is 1. The van der Waals surface area contributed by atoms with Crippen molar-refractivity contribution in [2.75, 3.05) is 18.1 Å². The Morgan fingerprint density at radius 3 is 2.53 bits per heavy atom. The fourth-order valence-corrected chi connectivity index (χ4v) is 4.02. The largest absolute Gasteiger partial charge is 0.508 e. The van der Waals surface area contributed by atoms with Gasteiger partial charge in [0.05, 0.1) is 11.3 Å². The molecular formula is C21H23N3O7S. The summed E-state index contributed by atoms with van der Waals surface area (Å²) >= 11 is 0. The summed E-state index contributed by atoms with van der Waals surface area (Å²) in [4.78, 5) is 37.9. The lowest BCUT2D eigenvalue weighted by Crippen LogP contribution is -2.40. The second-order valence-electron chi connectivity index (χ2n) is 7.43. The molecule has 0 radical (unpaired) electrons. The summed E-state index contributed by atoms with van der Waals surface area (Å²) in [5, 5.41) is 16.8. The van der Waals surface area contributed by atoms with Crippen LogP contribution in [0.25, 0.3) is 0 Å². The Hall–Kier alpha value is -3.44. The van der Waals surface area contributed by atoms with Crippen molar-refractivity contribution in [2.24, 2.45) is 5.14 Å². The number of anilines is 1. The summed E-state index contributed by atoms with van der Waals surface area (Å²) in [6.45, 7) is 0.876. The van der Waals surface area contributed by atoms with E-state index in [0.717, 1.165) is 0 Å². The van der Waals surface area contributed by atoms with E-state index in [1.54, 1.807) is 19.1 Å². The highest BCUT2D eigenvalue weighted by Gasteiger charge is 2.32. The minimum absolute atomic E-state index is 0.0229. The minimum atomic E-state index is -3.85. The number of nitrogens with zero attached hydrogens (tertiary/aromatic N) is 1. The SMILES string of the molecule is CC1Cc2cc(S(N)(=O)=O)ccc2N1C(=O)COC(=O)CNC(=O)Cc1ccc(O)cc1. The van der Waals surface area contributed by atoms with Gasteiger partial charge in [-0.15, -0.1) is 0 Å². The van der Waals surface area contributed by atoms with Crippen molar-refractivity contribution in [3.63, 3.8) is 0 Å². The van der Waals surface area contributed by atoms with Crippen LogP contribution in [0.15, 0.2) is 47.4 Å². The molecular weight excluding hydrogens is 438 g/mol. The summed E-state index contributed by atoms with van der Waals surface area (Å²) in [6, 6.07) is 10.1. The summed E-state index contributed by atoms with van der Waals surface area (Å²) in [5.41, 5.74) is 1.86. The fraction of sp³-hybridized carbons (Fsp3) is 0.286. The highest BCUT2D eigenvalue weighted by Crippen LogP contribution is 2.33. The molecule has 1 aliphatic heterocycles. The van der Waals surface area contributed by atoms with Crippen LogP contribution in [-0.2, 0) is 42.0 Å². The fourth-order valence-electron chi connectivity index (χ4n) is 3.46. The maximum absolute atomic E-state index is 12.6. The lowest BCUT2D eigenvalue weighted by molar-refractivity contribution is -0.147. The van der Waals surface area contributed by atoms with Crippen LogP contribution in [0.5, 0.6) is 5.75 Å². The van der Waals surface area contributed by atoms with Gasteiger partial charge in [0, 0.05) is 11.7 Å². The molecule has 0 saturated heterocycles. The molecule has 1 aliphatic rings. The Balaban J connectivity index is 1.50. The second kappa shape index (κ2) is 9.37. The Kier molecular flexibility index (Phi) is 6.80. The van der Waals surface area contributed by atoms with Crippen LogP contribution in [-0.4, -0.2) is 50.5 Å². The van der Waals surface area contributed by atoms with Crippen molar-refractivity contribution in [3.8, 4) is 5.75 Å². The van der Waals surface area contributed by atoms with Gasteiger partial charge in [-0.2, -0.15) is 0 Å². The highest BCUT2D eigenvalue weighted by molar-refractivity contribution is 7.89. The number of phenols is 1. The lowest BCUT2D eigenvalue weighted by atomic mass is 10.1. The first-order valence-electron chi connectivity index (χ1n) is 9.72. The van der Waals surface area contributed by atoms with Gasteiger partial charge in [-0.1, -0.05) is 12.1 Å². The molecule has 0 spiro atoms. The molecule has 0 aliphatic carbocycles. The topological polar surface area (TPSA) is 156 Å². The van der Waals surface area contributed by atoms with Crippen LogP contribution in [0.1, 0.15) is 18.1 Å². The molecule has 0 fully saturated rings. The van der Waals surface area contributed by atoms with Gasteiger partial charge in [0.25, 0.3) is 5.91 Å². The van der Waals surface area contributed by atoms with Gasteiger partial charge in [-0.05, 0) is 54.8 Å². The van der Waals surface area contributed by atoms with Crippen molar-refractivity contribution < 1.29 is 32.6 Å². The van der Waals surface area contributed by atoms with E-state index >= 15 is 0 Å². The van der Waals surface area contributed by atoms with E-state index in [1.807, 2.05) is 0 Å². The number of nitrogens with two attached hydrogens (primary N) is 1. The number of benzene rings is 2. The van der Waals surface area contributed by atoms with Gasteiger partial charge >= 0.3 is 5.97 Å². The lowest BCUT2D eigenvalue weighted by Gasteiger charge is -2.22. The third-order valence-electron chi connectivity index (χ3n) is 4.95. The first-order valence-corrected chi connectivity index (χ1v) is 11.3. The van der Waals surface area contributed by atoms with Crippen LogP contribution in [0.2, 0.25) is 0 Å². The molecule has 11 heteroatoms. The van der Waals surface area contributed by atoms with E-state index in [4.69, 9.17) is 9.88 Å². The molecule has 2 aromatic rings. The van der Waals surface area contributed by atoms with Gasteiger partial charge in [0.2, 0.25) is 15.9 Å². The molecule has 0 aromatic heterocycles. The van der Waals surface area contributed by atoms with E-state index in [-0.39, 0.29) is 23.1 Å². The number of carbonyl (C=O) groups is 3. The number of amides is 2. The molecule has 0 saturated carbocycles. The van der Waals surface area contributed by atoms with Crippen molar-refractivity contribution in [2.45, 2.75) is 30.7 Å². The number of ether oxygens (including phenoxy) is 1. The van der Waals surface area contributed by atoms with Crippen molar-refractivity contribution >= 4 is 33.5 Å². The van der Waals surface area contributed by atoms with Crippen LogP contribution in [0.4, 0.5) is 5.69 Å². The van der Waals surface area contributed by atoms with Crippen LogP contribution >= 0.6 is 0 Å². The molecule has 170 valence electrons. The quantitative estimate of drug-likeness (QED) is 0.498. The van der Waals surface area contributed by atoms with Gasteiger partial charge < -0.3 is 20.1 Å². The molecule has 1 unspecified atom stereocenters. The maximum atomic E-state index is 12.6. The van der Waals surface area contributed by atoms with Crippen LogP contribution < -0.4 is 15.4 Å². The summed E-state index contributed by atoms with van der Waals surface area (Å²) < 4.78 is 28.0. The second-order valence-corrected chi connectivity index (χ2v) is 8.99. The number of primary sulfonamides is 1. The molecule has 1 heterocycles. The number of esters is 1. The summed E-state index contributed by atoms with van der Waals surface area (Å²) in [6.07, 6.45) is 0.459. The van der Waals surface area contributed by atoms with Crippen molar-refractivity contribution in [1.82, 2.24) is 5.32 Å². The zero-order valence-electron chi connectivity index (χ0n) is 17.3. The number of rotatable bonds is 7. The summed E-state index contributed by atoms with van der Waals surface area (Å²) in [7, 11) is -3.85. The average Bonchev–Trinajstić information content (AvgIpc) is 3.06. The molecule has 4 N–H and O–H groups in total. The standard InChI is InChI=1S/C21H23N3O7S/c1-13-8-15-10-17(32(22,29)30)6-7-18(15)24(13)20(27)12-31-21(28)11-23-19(26)9-14-2-4-16(25)5-3-14/h2-7,10,13,25H,8-9,11-12H2,1H3,(H,23,26)(H2,22,29,30). The Bertz CT molecular complexity index is 1150. The zero-order chi connectivity index (χ0) is 23.5. The molecule has 2 amide bonds. The summed E-state index contributed by atoms with van der Waals surface area (Å²) in [5.74, 6) is -1.56. The first kappa shape index (κ1) is 23.2. The predicted octanol–water partition coefficient (Wildman–Crippen LogP) is 0.219. The normalized spacial score (nSPS) is 15.2. The molecule has 10 nitrogen and oxygen atoms in total. The number of hydrogen-bond acceptors (Lipinski definition) is 7. The molecule has 3 rings (SSSR count). The van der Waals surface area contributed by atoms with Gasteiger partial charge in [0.15, 0.2) is 6.61 Å². The van der Waals surface area contributed by atoms with Gasteiger partial charge in [-0.25, -0.2) is 13.6 Å². The number of nitrogens with one attached hydrogen (secondary N) is 1. The van der Waals surface area contributed by atoms with Crippen molar-refractivity contribution in [1.29, 1.82) is 0 Å². The Morgan fingerprint density at radius 1 is 1.19 bits per heavy atom. The van der Waals surface area contributed by atoms with Gasteiger partial charge in [0.1, 0.15) is 12.3 Å². The monoisotopic (exact) mass is 461 g/mol. The minimum Gasteiger partial charge on any atom is -0.508 e. The van der Waals surface area contributed by atoms with E-state index in [1.165, 1.54) is 35.2 Å². The Labute approximate surface area is 185 Å². The van der Waals surface area contributed by atoms with Crippen molar-refractivity contribution in [3.05, 3.63) is 53.6 Å². The third-order valence-corrected chi connectivity index (χ3v) is 5.86. The number of sulfonamides is 1. The maximum Gasteiger partial charge on any atom is 0.325 e. The van der Waals surface area contributed by atoms with Gasteiger partial charge in [-0.3, -0.25) is 14.4 Å². The highest BCUT2D eigenvalue weighted by atomic mass is 32.2. The number of fused-ring (bicyclic) bond motifs is 1. The molecule has 1 atom stereocenters. The zero-order valence-corrected chi connectivity index (χ0v) is 18.1. The van der Waals surface area contributed by atoms with E-state index in [2.05, 4.69) is 5.32 Å². The first-order chi connectivity index (χ1) is 15.0. The van der Waals surface area contributed by atoms with E-state index in [0.29, 0.717) is 23.2 Å². The van der Waals surface area contributed by atoms with E-state index in [9.17, 15) is 27.9 Å². The Morgan fingerprint density at radius 2 is 1.88 bits per heavy atom. The number of carbonyl (C=O) groups excluding carboxylic acids is 3. The van der Waals surface area contributed by atoms with Crippen LogP contribution in [0, 0.1) is 0 Å².